The molecule has 2 N–H and O–H groups in total. The molecule has 0 unspecified atom stereocenters. The van der Waals surface area contributed by atoms with Crippen LogP contribution in [0.4, 0.5) is 5.69 Å². The van der Waals surface area contributed by atoms with Gasteiger partial charge in [-0.3, -0.25) is 4.79 Å². The highest BCUT2D eigenvalue weighted by atomic mass is 16.4. The Labute approximate surface area is 104 Å². The molecule has 0 fully saturated rings. The molecular formula is C12H13N3O3. The maximum Gasteiger partial charge on any atom is 0.247 e. The zero-order chi connectivity index (χ0) is 12.8. The van der Waals surface area contributed by atoms with E-state index in [0.717, 1.165) is 5.56 Å². The van der Waals surface area contributed by atoms with Crippen LogP contribution in [0.3, 0.4) is 0 Å². The van der Waals surface area contributed by atoms with Crippen molar-refractivity contribution < 1.29 is 14.3 Å². The van der Waals surface area contributed by atoms with Crippen LogP contribution in [-0.4, -0.2) is 27.8 Å². The molecule has 18 heavy (non-hydrogen) atoms. The van der Waals surface area contributed by atoms with Crippen molar-refractivity contribution in [2.45, 2.75) is 12.8 Å². The van der Waals surface area contributed by atoms with Crippen LogP contribution in [0.5, 0.6) is 0 Å². The first kappa shape index (κ1) is 12.3. The van der Waals surface area contributed by atoms with E-state index in [4.69, 9.17) is 9.52 Å². The van der Waals surface area contributed by atoms with E-state index in [2.05, 4.69) is 15.5 Å². The average Bonchev–Trinajstić information content (AvgIpc) is 2.91. The molecule has 2 rings (SSSR count). The molecule has 6 heteroatoms. The van der Waals surface area contributed by atoms with Gasteiger partial charge in [-0.2, -0.15) is 0 Å². The molecule has 2 aromatic rings. The van der Waals surface area contributed by atoms with E-state index in [-0.39, 0.29) is 12.5 Å². The van der Waals surface area contributed by atoms with Gasteiger partial charge in [0.1, 0.15) is 0 Å². The predicted molar refractivity (Wildman–Crippen MR) is 64.7 cm³/mol. The van der Waals surface area contributed by atoms with E-state index >= 15 is 0 Å². The van der Waals surface area contributed by atoms with Gasteiger partial charge < -0.3 is 14.8 Å². The SMILES string of the molecule is O=C(CCCO)Nc1ccc(-c2nnco2)cc1. The van der Waals surface area contributed by atoms with Gasteiger partial charge in [0.2, 0.25) is 18.2 Å². The largest absolute Gasteiger partial charge is 0.423 e. The van der Waals surface area contributed by atoms with Crippen molar-refractivity contribution in [2.24, 2.45) is 0 Å². The number of anilines is 1. The molecule has 0 spiro atoms. The van der Waals surface area contributed by atoms with Crippen molar-refractivity contribution in [3.8, 4) is 11.5 Å². The Hall–Kier alpha value is -2.21. The van der Waals surface area contributed by atoms with E-state index in [1.165, 1.54) is 6.39 Å². The van der Waals surface area contributed by atoms with Crippen molar-refractivity contribution in [3.05, 3.63) is 30.7 Å². The number of hydrogen-bond donors (Lipinski definition) is 2. The Morgan fingerprint density at radius 1 is 1.33 bits per heavy atom. The van der Waals surface area contributed by atoms with Crippen molar-refractivity contribution in [3.63, 3.8) is 0 Å². The van der Waals surface area contributed by atoms with Crippen LogP contribution in [0.15, 0.2) is 35.1 Å². The van der Waals surface area contributed by atoms with Crippen LogP contribution in [0.2, 0.25) is 0 Å². The fraction of sp³-hybridized carbons (Fsp3) is 0.250. The smallest absolute Gasteiger partial charge is 0.247 e. The molecule has 0 aliphatic carbocycles. The fourth-order valence-electron chi connectivity index (χ4n) is 1.46. The summed E-state index contributed by atoms with van der Waals surface area (Å²) in [6.45, 7) is 0.0174. The molecule has 0 aliphatic rings. The Bertz CT molecular complexity index is 494. The molecule has 1 aromatic carbocycles. The standard InChI is InChI=1S/C12H13N3O3/c16-7-1-2-11(17)14-10-5-3-9(4-6-10)12-15-13-8-18-12/h3-6,8,16H,1-2,7H2,(H,14,17). The van der Waals surface area contributed by atoms with Crippen LogP contribution >= 0.6 is 0 Å². The second kappa shape index (κ2) is 5.92. The van der Waals surface area contributed by atoms with Gasteiger partial charge in [0.25, 0.3) is 0 Å². The summed E-state index contributed by atoms with van der Waals surface area (Å²) >= 11 is 0. The van der Waals surface area contributed by atoms with E-state index in [9.17, 15) is 4.79 Å². The van der Waals surface area contributed by atoms with Crippen molar-refractivity contribution in [1.82, 2.24) is 10.2 Å². The number of aliphatic hydroxyl groups is 1. The number of hydrogen-bond acceptors (Lipinski definition) is 5. The first-order valence-corrected chi connectivity index (χ1v) is 5.57. The lowest BCUT2D eigenvalue weighted by Crippen LogP contribution is -2.11. The highest BCUT2D eigenvalue weighted by molar-refractivity contribution is 5.90. The molecule has 1 amide bonds. The Kier molecular flexibility index (Phi) is 4.03. The van der Waals surface area contributed by atoms with Crippen LogP contribution in [0, 0.1) is 0 Å². The Morgan fingerprint density at radius 2 is 2.11 bits per heavy atom. The van der Waals surface area contributed by atoms with Crippen molar-refractivity contribution in [2.75, 3.05) is 11.9 Å². The topological polar surface area (TPSA) is 88.2 Å². The number of benzene rings is 1. The van der Waals surface area contributed by atoms with Crippen LogP contribution in [-0.2, 0) is 4.79 Å². The minimum absolute atomic E-state index is 0.0174. The van der Waals surface area contributed by atoms with Gasteiger partial charge in [-0.25, -0.2) is 0 Å². The number of aromatic nitrogens is 2. The molecule has 0 bridgehead atoms. The predicted octanol–water partition coefficient (Wildman–Crippen LogP) is 1.45. The third kappa shape index (κ3) is 3.14. The number of rotatable bonds is 5. The first-order valence-electron chi connectivity index (χ1n) is 5.57. The third-order valence-electron chi connectivity index (χ3n) is 2.34. The molecule has 0 atom stereocenters. The van der Waals surface area contributed by atoms with Crippen LogP contribution in [0.1, 0.15) is 12.8 Å². The number of nitrogens with zero attached hydrogens (tertiary/aromatic N) is 2. The molecular weight excluding hydrogens is 234 g/mol. The highest BCUT2D eigenvalue weighted by Gasteiger charge is 2.05. The molecule has 6 nitrogen and oxygen atoms in total. The van der Waals surface area contributed by atoms with Gasteiger partial charge in [0.05, 0.1) is 0 Å². The summed E-state index contributed by atoms with van der Waals surface area (Å²) in [4.78, 5) is 11.4. The number of nitrogens with one attached hydrogen (secondary N) is 1. The summed E-state index contributed by atoms with van der Waals surface area (Å²) in [6.07, 6.45) is 2.04. The maximum absolute atomic E-state index is 11.4. The minimum atomic E-state index is -0.116. The van der Waals surface area contributed by atoms with Gasteiger partial charge in [-0.1, -0.05) is 0 Å². The quantitative estimate of drug-likeness (QED) is 0.834. The van der Waals surface area contributed by atoms with Gasteiger partial charge in [0.15, 0.2) is 0 Å². The fourth-order valence-corrected chi connectivity index (χ4v) is 1.46. The lowest BCUT2D eigenvalue weighted by atomic mass is 10.2. The van der Waals surface area contributed by atoms with Gasteiger partial charge in [0, 0.05) is 24.3 Å². The summed E-state index contributed by atoms with van der Waals surface area (Å²) in [6, 6.07) is 7.09. The Morgan fingerprint density at radius 3 is 2.72 bits per heavy atom. The molecule has 0 aliphatic heterocycles. The summed E-state index contributed by atoms with van der Waals surface area (Å²) in [5.74, 6) is 0.322. The molecule has 0 saturated carbocycles. The van der Waals surface area contributed by atoms with Gasteiger partial charge >= 0.3 is 0 Å². The summed E-state index contributed by atoms with van der Waals surface area (Å²) < 4.78 is 5.06. The maximum atomic E-state index is 11.4. The molecule has 1 heterocycles. The normalized spacial score (nSPS) is 10.3. The molecule has 0 saturated heterocycles. The number of amides is 1. The first-order chi connectivity index (χ1) is 8.79. The van der Waals surface area contributed by atoms with Gasteiger partial charge in [-0.05, 0) is 30.7 Å². The third-order valence-corrected chi connectivity index (χ3v) is 2.34. The molecule has 0 radical (unpaired) electrons. The zero-order valence-electron chi connectivity index (χ0n) is 9.67. The number of aliphatic hydroxyl groups excluding tert-OH is 1. The summed E-state index contributed by atoms with van der Waals surface area (Å²) in [5, 5.41) is 18.7. The minimum Gasteiger partial charge on any atom is -0.423 e. The lowest BCUT2D eigenvalue weighted by molar-refractivity contribution is -0.116. The van der Waals surface area contributed by atoms with Crippen LogP contribution in [0.25, 0.3) is 11.5 Å². The van der Waals surface area contributed by atoms with E-state index in [1.807, 2.05) is 0 Å². The zero-order valence-corrected chi connectivity index (χ0v) is 9.67. The lowest BCUT2D eigenvalue weighted by Gasteiger charge is -2.04. The monoisotopic (exact) mass is 247 g/mol. The summed E-state index contributed by atoms with van der Waals surface area (Å²) in [7, 11) is 0. The van der Waals surface area contributed by atoms with E-state index < -0.39 is 0 Å². The second-order valence-electron chi connectivity index (χ2n) is 3.70. The number of carbonyl (C=O) groups excluding carboxylic acids is 1. The van der Waals surface area contributed by atoms with Gasteiger partial charge in [-0.15, -0.1) is 10.2 Å². The number of carbonyl (C=O) groups is 1. The summed E-state index contributed by atoms with van der Waals surface area (Å²) in [5.41, 5.74) is 1.49. The van der Waals surface area contributed by atoms with Crippen LogP contribution < -0.4 is 5.32 Å². The molecule has 94 valence electrons. The average molecular weight is 247 g/mol. The molecule has 1 aromatic heterocycles. The van der Waals surface area contributed by atoms with E-state index in [0.29, 0.717) is 24.4 Å². The van der Waals surface area contributed by atoms with Crippen molar-refractivity contribution in [1.29, 1.82) is 0 Å². The van der Waals surface area contributed by atoms with Crippen molar-refractivity contribution >= 4 is 11.6 Å². The second-order valence-corrected chi connectivity index (χ2v) is 3.70. The van der Waals surface area contributed by atoms with E-state index in [1.54, 1.807) is 24.3 Å². The Balaban J connectivity index is 1.98. The highest BCUT2D eigenvalue weighted by Crippen LogP contribution is 2.18.